The van der Waals surface area contributed by atoms with Crippen LogP contribution in [0.4, 0.5) is 0 Å². The highest BCUT2D eigenvalue weighted by molar-refractivity contribution is 6.38. The molecule has 54 heavy (non-hydrogen) atoms. The van der Waals surface area contributed by atoms with E-state index in [4.69, 9.17) is 0 Å². The highest BCUT2D eigenvalue weighted by Crippen LogP contribution is 2.65. The number of piperidine rings is 1. The number of likely N-dealkylation sites (tertiary alicyclic amines) is 1. The van der Waals surface area contributed by atoms with E-state index < -0.39 is 59.0 Å². The molecular formula is C41H59N7O6. The molecule has 1 saturated heterocycles. The van der Waals surface area contributed by atoms with Gasteiger partial charge in [0.15, 0.2) is 0 Å². The van der Waals surface area contributed by atoms with E-state index in [1.54, 1.807) is 4.90 Å². The Morgan fingerprint density at radius 3 is 2.24 bits per heavy atom. The topological polar surface area (TPSA) is 180 Å². The first-order valence-corrected chi connectivity index (χ1v) is 20.3. The van der Waals surface area contributed by atoms with Crippen molar-refractivity contribution in [2.75, 3.05) is 13.1 Å². The fourth-order valence-corrected chi connectivity index (χ4v) is 9.85. The van der Waals surface area contributed by atoms with Gasteiger partial charge in [-0.1, -0.05) is 84.6 Å². The van der Waals surface area contributed by atoms with E-state index in [9.17, 15) is 24.0 Å². The lowest BCUT2D eigenvalue weighted by Crippen LogP contribution is -2.64. The summed E-state index contributed by atoms with van der Waals surface area (Å²) >= 11 is 0. The summed E-state index contributed by atoms with van der Waals surface area (Å²) in [7, 11) is 0. The van der Waals surface area contributed by atoms with Crippen molar-refractivity contribution in [3.05, 3.63) is 36.9 Å². The fraction of sp³-hybridized carbons (Fsp3) is 0.707. The lowest BCUT2D eigenvalue weighted by Gasteiger charge is -2.44. The quantitative estimate of drug-likeness (QED) is 0.155. The molecule has 6 atom stereocenters. The second kappa shape index (κ2) is 16.7. The van der Waals surface area contributed by atoms with Crippen LogP contribution in [0.2, 0.25) is 0 Å². The van der Waals surface area contributed by atoms with Crippen molar-refractivity contribution in [2.24, 2.45) is 34.5 Å². The summed E-state index contributed by atoms with van der Waals surface area (Å²) in [4.78, 5) is 93.4. The fourth-order valence-electron chi connectivity index (χ4n) is 9.85. The van der Waals surface area contributed by atoms with Crippen LogP contribution in [0.1, 0.15) is 121 Å². The molecule has 1 aromatic rings. The molecule has 1 aromatic heterocycles. The van der Waals surface area contributed by atoms with E-state index in [1.165, 1.54) is 24.7 Å². The van der Waals surface area contributed by atoms with Gasteiger partial charge < -0.3 is 26.2 Å². The zero-order valence-corrected chi connectivity index (χ0v) is 32.2. The first-order chi connectivity index (χ1) is 25.9. The van der Waals surface area contributed by atoms with Crippen LogP contribution in [-0.4, -0.2) is 87.4 Å². The van der Waals surface area contributed by atoms with E-state index in [0.717, 1.165) is 83.5 Å². The average molecular weight is 746 g/mol. The monoisotopic (exact) mass is 745 g/mol. The molecule has 0 spiro atoms. The van der Waals surface area contributed by atoms with Crippen molar-refractivity contribution < 1.29 is 28.8 Å². The maximum absolute atomic E-state index is 15.1. The zero-order valence-electron chi connectivity index (χ0n) is 32.2. The predicted octanol–water partition coefficient (Wildman–Crippen LogP) is 3.64. The number of Topliss-reactive ketones (excluding diaryl/α,β-unsaturated/α-hetero) is 1. The minimum Gasteiger partial charge on any atom is -0.346 e. The molecule has 5 fully saturated rings. The first kappa shape index (κ1) is 39.5. The number of aromatic nitrogens is 2. The molecule has 4 aliphatic carbocycles. The van der Waals surface area contributed by atoms with Gasteiger partial charge >= 0.3 is 0 Å². The number of hydrogen-bond acceptors (Lipinski definition) is 8. The predicted molar refractivity (Wildman–Crippen MR) is 201 cm³/mol. The smallest absolute Gasteiger partial charge is 0.289 e. The summed E-state index contributed by atoms with van der Waals surface area (Å²) in [5.74, 6) is -3.06. The van der Waals surface area contributed by atoms with Gasteiger partial charge in [0.05, 0.1) is 12.2 Å². The molecule has 6 rings (SSSR count). The van der Waals surface area contributed by atoms with Gasteiger partial charge in [-0.3, -0.25) is 33.8 Å². The van der Waals surface area contributed by atoms with Crippen LogP contribution in [0.15, 0.2) is 31.2 Å². The summed E-state index contributed by atoms with van der Waals surface area (Å²) in [6, 6.07) is -3.68. The first-order valence-electron chi connectivity index (χ1n) is 20.3. The van der Waals surface area contributed by atoms with Gasteiger partial charge in [0.25, 0.3) is 11.8 Å². The summed E-state index contributed by atoms with van der Waals surface area (Å²) in [5, 5.41) is 11.6. The van der Waals surface area contributed by atoms with Crippen molar-refractivity contribution in [1.82, 2.24) is 36.1 Å². The number of rotatable bonds is 15. The molecule has 5 amide bonds. The third-order valence-electron chi connectivity index (χ3n) is 13.5. The summed E-state index contributed by atoms with van der Waals surface area (Å²) in [6.07, 6.45) is 17.8. The molecule has 0 radical (unpaired) electrons. The highest BCUT2D eigenvalue weighted by Gasteiger charge is 2.70. The Morgan fingerprint density at radius 2 is 1.61 bits per heavy atom. The Balaban J connectivity index is 1.26. The molecule has 1 aliphatic heterocycles. The van der Waals surface area contributed by atoms with Gasteiger partial charge in [-0.05, 0) is 66.6 Å². The molecule has 4 saturated carbocycles. The Hall–Kier alpha value is -4.16. The SMILES string of the molecule is C=CCNC(=O)C(=O)C(CC1CCC1)NC(=O)C1C2C(CN1C(=O)C(NC(=O)C(NC(=O)c1cnccn1)C1CCCCC1)C1(C)CCCCC1)C2(C)C. The average Bonchev–Trinajstić information content (AvgIpc) is 3.45. The lowest BCUT2D eigenvalue weighted by molar-refractivity contribution is -0.148. The lowest BCUT2D eigenvalue weighted by atomic mass is 9.69. The Bertz CT molecular complexity index is 1580. The van der Waals surface area contributed by atoms with E-state index in [-0.39, 0.29) is 47.2 Å². The Kier molecular flexibility index (Phi) is 12.2. The number of nitrogens with zero attached hydrogens (tertiary/aromatic N) is 3. The molecule has 294 valence electrons. The number of carbonyl (C=O) groups is 6. The minimum absolute atomic E-state index is 0.0747. The van der Waals surface area contributed by atoms with Crippen LogP contribution in [0.5, 0.6) is 0 Å². The van der Waals surface area contributed by atoms with Crippen LogP contribution in [-0.2, 0) is 24.0 Å². The molecule has 13 nitrogen and oxygen atoms in total. The van der Waals surface area contributed by atoms with Crippen LogP contribution in [0.25, 0.3) is 0 Å². The van der Waals surface area contributed by atoms with E-state index in [1.807, 2.05) is 6.92 Å². The summed E-state index contributed by atoms with van der Waals surface area (Å²) < 4.78 is 0. The van der Waals surface area contributed by atoms with Crippen molar-refractivity contribution in [1.29, 1.82) is 0 Å². The number of hydrogen-bond donors (Lipinski definition) is 4. The van der Waals surface area contributed by atoms with Crippen LogP contribution in [0.3, 0.4) is 0 Å². The largest absolute Gasteiger partial charge is 0.346 e. The third kappa shape index (κ3) is 8.39. The molecular weight excluding hydrogens is 686 g/mol. The number of carbonyl (C=O) groups excluding carboxylic acids is 6. The highest BCUT2D eigenvalue weighted by atomic mass is 16.2. The van der Waals surface area contributed by atoms with E-state index in [0.29, 0.717) is 13.0 Å². The van der Waals surface area contributed by atoms with Gasteiger partial charge in [-0.2, -0.15) is 0 Å². The van der Waals surface area contributed by atoms with Crippen molar-refractivity contribution in [3.8, 4) is 0 Å². The zero-order chi connectivity index (χ0) is 38.6. The van der Waals surface area contributed by atoms with Gasteiger partial charge in [0.2, 0.25) is 23.5 Å². The Labute approximate surface area is 319 Å². The van der Waals surface area contributed by atoms with Crippen molar-refractivity contribution >= 4 is 35.3 Å². The van der Waals surface area contributed by atoms with Gasteiger partial charge in [0.1, 0.15) is 23.8 Å². The van der Waals surface area contributed by atoms with Crippen molar-refractivity contribution in [3.63, 3.8) is 0 Å². The number of amides is 5. The summed E-state index contributed by atoms with van der Waals surface area (Å²) in [6.45, 7) is 10.3. The number of fused-ring (bicyclic) bond motifs is 1. The number of ketones is 1. The second-order valence-corrected chi connectivity index (χ2v) is 17.4. The molecule has 5 aliphatic rings. The maximum atomic E-state index is 15.1. The van der Waals surface area contributed by atoms with Gasteiger partial charge in [-0.25, -0.2) is 4.98 Å². The second-order valence-electron chi connectivity index (χ2n) is 17.4. The maximum Gasteiger partial charge on any atom is 0.289 e. The molecule has 2 heterocycles. The molecule has 4 N–H and O–H groups in total. The van der Waals surface area contributed by atoms with Crippen molar-refractivity contribution in [2.45, 2.75) is 135 Å². The summed E-state index contributed by atoms with van der Waals surface area (Å²) in [5.41, 5.74) is -0.664. The molecule has 0 bridgehead atoms. The van der Waals surface area contributed by atoms with E-state index in [2.05, 4.69) is 51.7 Å². The minimum atomic E-state index is -1.01. The normalized spacial score (nSPS) is 26.1. The van der Waals surface area contributed by atoms with Crippen LogP contribution in [0, 0.1) is 34.5 Å². The molecule has 13 heteroatoms. The standard InChI is InChI=1S/C41H59N7O6/c1-5-19-44-38(53)33(49)28(22-25-13-12-14-25)45-37(52)32-30-27(40(30,2)3)24-48(32)39(54)34(41(4)17-10-7-11-18-41)47-36(51)31(26-15-8-6-9-16-26)46-35(50)29-23-42-20-21-43-29/h5,20-21,23,25-28,30-32,34H,1,6-19,22,24H2,2-4H3,(H,44,53)(H,45,52)(H,46,50)(H,47,51). The van der Waals surface area contributed by atoms with Crippen LogP contribution < -0.4 is 21.3 Å². The van der Waals surface area contributed by atoms with Gasteiger partial charge in [0, 0.05) is 25.5 Å². The number of nitrogens with one attached hydrogen (secondary N) is 4. The third-order valence-corrected chi connectivity index (χ3v) is 13.5. The van der Waals surface area contributed by atoms with Crippen LogP contribution >= 0.6 is 0 Å². The van der Waals surface area contributed by atoms with E-state index >= 15 is 4.79 Å². The molecule has 0 aromatic carbocycles. The van der Waals surface area contributed by atoms with Gasteiger partial charge in [-0.15, -0.1) is 6.58 Å². The Morgan fingerprint density at radius 1 is 0.907 bits per heavy atom. The molecule has 6 unspecified atom stereocenters.